The third kappa shape index (κ3) is 4.56. The van der Waals surface area contributed by atoms with Crippen molar-refractivity contribution < 1.29 is 9.59 Å². The molecule has 0 heterocycles. The topological polar surface area (TPSA) is 34.1 Å². The lowest BCUT2D eigenvalue weighted by molar-refractivity contribution is -0.120. The molecule has 0 unspecified atom stereocenters. The standard InChI is InChI=1S/C14H20O2/c1-6-7-8-9-12(13(15)10(2)3)14(16)11(4)5/h1-2,4,6-9H2,3,5H3. The van der Waals surface area contributed by atoms with Crippen LogP contribution in [0.1, 0.15) is 39.5 Å². The molecule has 0 atom stereocenters. The first-order valence-electron chi connectivity index (χ1n) is 5.47. The Morgan fingerprint density at radius 3 is 1.69 bits per heavy atom. The van der Waals surface area contributed by atoms with Gasteiger partial charge in [0.2, 0.25) is 0 Å². The van der Waals surface area contributed by atoms with E-state index in [1.165, 1.54) is 0 Å². The lowest BCUT2D eigenvalue weighted by Crippen LogP contribution is -2.23. The molecule has 0 aliphatic carbocycles. The van der Waals surface area contributed by atoms with Crippen LogP contribution in [0.3, 0.4) is 0 Å². The van der Waals surface area contributed by atoms with Gasteiger partial charge in [0, 0.05) is 0 Å². The number of rotatable bonds is 8. The number of hydrogen-bond donors (Lipinski definition) is 0. The fourth-order valence-corrected chi connectivity index (χ4v) is 1.32. The van der Waals surface area contributed by atoms with Gasteiger partial charge in [0.15, 0.2) is 11.6 Å². The third-order valence-electron chi connectivity index (χ3n) is 2.25. The van der Waals surface area contributed by atoms with Crippen molar-refractivity contribution in [2.24, 2.45) is 0 Å². The van der Waals surface area contributed by atoms with E-state index in [2.05, 4.69) is 20.1 Å². The highest BCUT2D eigenvalue weighted by Gasteiger charge is 2.27. The summed E-state index contributed by atoms with van der Waals surface area (Å²) in [5, 5.41) is 0. The second-order valence-electron chi connectivity index (χ2n) is 4.01. The van der Waals surface area contributed by atoms with Gasteiger partial charge in [-0.1, -0.05) is 39.3 Å². The van der Waals surface area contributed by atoms with Crippen LogP contribution in [0.15, 0.2) is 24.3 Å². The van der Waals surface area contributed by atoms with Crippen LogP contribution >= 0.6 is 0 Å². The molecule has 0 fully saturated rings. The van der Waals surface area contributed by atoms with Crippen molar-refractivity contribution in [3.63, 3.8) is 0 Å². The average Bonchev–Trinajstić information content (AvgIpc) is 2.22. The number of hydrogen-bond acceptors (Lipinski definition) is 2. The predicted octanol–water partition coefficient (Wildman–Crippen LogP) is 3.25. The number of carbonyl (C=O) groups is 2. The van der Waals surface area contributed by atoms with E-state index < -0.39 is 0 Å². The minimum Gasteiger partial charge on any atom is -0.293 e. The molecule has 16 heavy (non-hydrogen) atoms. The lowest BCUT2D eigenvalue weighted by Gasteiger charge is -2.13. The molecular formula is C14H20O2. The van der Waals surface area contributed by atoms with Crippen molar-refractivity contribution in [1.29, 1.82) is 0 Å². The number of ketones is 2. The summed E-state index contributed by atoms with van der Waals surface area (Å²) in [5.74, 6) is -0.164. The first kappa shape index (κ1) is 14.8. The third-order valence-corrected chi connectivity index (χ3v) is 2.25. The second-order valence-corrected chi connectivity index (χ2v) is 4.01. The lowest BCUT2D eigenvalue weighted by atomic mass is 9.87. The Morgan fingerprint density at radius 2 is 1.38 bits per heavy atom. The molecule has 2 heteroatoms. The smallest absolute Gasteiger partial charge is 0.173 e. The molecule has 0 aromatic heterocycles. The van der Waals surface area contributed by atoms with Crippen LogP contribution in [0.5, 0.6) is 0 Å². The number of Topliss-reactive ketones (excluding diaryl/α,β-unsaturated/α-hetero) is 2. The molecule has 0 N–H and O–H groups in total. The van der Waals surface area contributed by atoms with E-state index in [1.54, 1.807) is 13.8 Å². The zero-order valence-electron chi connectivity index (χ0n) is 10.3. The Bertz CT molecular complexity index is 274. The number of carbonyl (C=O) groups excluding carboxylic acids is 2. The van der Waals surface area contributed by atoms with E-state index in [-0.39, 0.29) is 11.6 Å². The molecular weight excluding hydrogens is 200 g/mol. The van der Waals surface area contributed by atoms with Crippen molar-refractivity contribution in [3.8, 4) is 0 Å². The van der Waals surface area contributed by atoms with Gasteiger partial charge in [0.25, 0.3) is 0 Å². The zero-order chi connectivity index (χ0) is 12.7. The van der Waals surface area contributed by atoms with E-state index in [9.17, 15) is 9.59 Å². The van der Waals surface area contributed by atoms with Crippen LogP contribution in [-0.4, -0.2) is 11.6 Å². The summed E-state index contributed by atoms with van der Waals surface area (Å²) in [7, 11) is 0. The average molecular weight is 220 g/mol. The highest BCUT2D eigenvalue weighted by Crippen LogP contribution is 2.20. The minimum absolute atomic E-state index is 0.239. The fourth-order valence-electron chi connectivity index (χ4n) is 1.32. The Morgan fingerprint density at radius 1 is 0.938 bits per heavy atom. The van der Waals surface area contributed by atoms with E-state index in [1.807, 2.05) is 0 Å². The quantitative estimate of drug-likeness (QED) is 0.357. The predicted molar refractivity (Wildman–Crippen MR) is 66.7 cm³/mol. The van der Waals surface area contributed by atoms with Crippen molar-refractivity contribution in [2.75, 3.05) is 0 Å². The Hall–Kier alpha value is -1.18. The van der Waals surface area contributed by atoms with Crippen molar-refractivity contribution in [1.82, 2.24) is 0 Å². The molecule has 0 spiro atoms. The fraction of sp³-hybridized carbons (Fsp3) is 0.429. The van der Waals surface area contributed by atoms with Crippen molar-refractivity contribution in [2.45, 2.75) is 39.5 Å². The summed E-state index contributed by atoms with van der Waals surface area (Å²) >= 11 is 0. The van der Waals surface area contributed by atoms with Crippen molar-refractivity contribution >= 4 is 11.6 Å². The van der Waals surface area contributed by atoms with Crippen LogP contribution in [0, 0.1) is 12.8 Å². The van der Waals surface area contributed by atoms with E-state index in [0.29, 0.717) is 23.5 Å². The van der Waals surface area contributed by atoms with Gasteiger partial charge in [-0.05, 0) is 31.4 Å². The summed E-state index contributed by atoms with van der Waals surface area (Å²) in [5.41, 5.74) is 0.804. The van der Waals surface area contributed by atoms with Crippen LogP contribution in [-0.2, 0) is 9.59 Å². The van der Waals surface area contributed by atoms with E-state index in [4.69, 9.17) is 0 Å². The van der Waals surface area contributed by atoms with Crippen LogP contribution < -0.4 is 0 Å². The Balaban J connectivity index is 4.63. The highest BCUT2D eigenvalue weighted by atomic mass is 16.2. The maximum atomic E-state index is 11.8. The summed E-state index contributed by atoms with van der Waals surface area (Å²) in [6.45, 7) is 14.1. The summed E-state index contributed by atoms with van der Waals surface area (Å²) in [6.07, 6.45) is 3.02. The molecule has 0 saturated carbocycles. The van der Waals surface area contributed by atoms with Gasteiger partial charge < -0.3 is 0 Å². The molecule has 0 aromatic carbocycles. The van der Waals surface area contributed by atoms with E-state index >= 15 is 0 Å². The van der Waals surface area contributed by atoms with Gasteiger partial charge in [0.1, 0.15) is 5.92 Å². The normalized spacial score (nSPS) is 10.2. The van der Waals surface area contributed by atoms with Crippen LogP contribution in [0.25, 0.3) is 0 Å². The van der Waals surface area contributed by atoms with E-state index in [0.717, 1.165) is 19.3 Å². The Kier molecular flexibility index (Phi) is 6.63. The zero-order valence-corrected chi connectivity index (χ0v) is 10.3. The maximum Gasteiger partial charge on any atom is 0.173 e. The summed E-state index contributed by atoms with van der Waals surface area (Å²) in [6, 6.07) is 0. The molecule has 2 nitrogen and oxygen atoms in total. The van der Waals surface area contributed by atoms with Gasteiger partial charge in [-0.2, -0.15) is 0 Å². The van der Waals surface area contributed by atoms with Gasteiger partial charge in [0.05, 0.1) is 0 Å². The second kappa shape index (κ2) is 7.15. The molecule has 0 bridgehead atoms. The SMILES string of the molecule is [CH2]CCCC[C](C(=O)C(=C)C)C(=O)C(=C)C. The highest BCUT2D eigenvalue weighted by molar-refractivity contribution is 6.26. The van der Waals surface area contributed by atoms with Crippen LogP contribution in [0.2, 0.25) is 0 Å². The molecule has 0 aliphatic rings. The van der Waals surface area contributed by atoms with Crippen molar-refractivity contribution in [3.05, 3.63) is 37.1 Å². The first-order valence-corrected chi connectivity index (χ1v) is 5.47. The first-order chi connectivity index (χ1) is 7.41. The molecule has 0 rings (SSSR count). The molecule has 0 aliphatic heterocycles. The maximum absolute atomic E-state index is 11.8. The molecule has 0 amide bonds. The van der Waals surface area contributed by atoms with Gasteiger partial charge >= 0.3 is 0 Å². The number of allylic oxidation sites excluding steroid dienone is 2. The van der Waals surface area contributed by atoms with Gasteiger partial charge in [-0.3, -0.25) is 9.59 Å². The molecule has 2 radical (unpaired) electrons. The number of unbranched alkanes of at least 4 members (excludes halogenated alkanes) is 2. The van der Waals surface area contributed by atoms with Gasteiger partial charge in [-0.25, -0.2) is 0 Å². The largest absolute Gasteiger partial charge is 0.293 e. The monoisotopic (exact) mass is 220 g/mol. The molecule has 0 aromatic rings. The molecule has 88 valence electrons. The summed E-state index contributed by atoms with van der Waals surface area (Å²) < 4.78 is 0. The minimum atomic E-state index is -0.239. The Labute approximate surface area is 98.4 Å². The molecule has 0 saturated heterocycles. The summed E-state index contributed by atoms with van der Waals surface area (Å²) in [4.78, 5) is 23.5. The van der Waals surface area contributed by atoms with Crippen LogP contribution in [0.4, 0.5) is 0 Å². The van der Waals surface area contributed by atoms with Gasteiger partial charge in [-0.15, -0.1) is 0 Å².